The van der Waals surface area contributed by atoms with E-state index in [-0.39, 0.29) is 11.4 Å². The highest BCUT2D eigenvalue weighted by atomic mass is 32.2. The van der Waals surface area contributed by atoms with Crippen molar-refractivity contribution in [3.63, 3.8) is 0 Å². The van der Waals surface area contributed by atoms with Crippen molar-refractivity contribution in [1.82, 2.24) is 4.72 Å². The standard InChI is InChI=1S/C16H20N2O2S/c1-3-13-6-4-5-7-14(13)11-18-21(19,20)16-9-8-15(17)10-12(16)2/h4-10,18H,3,11,17H2,1-2H3. The predicted octanol–water partition coefficient (Wildman–Crippen LogP) is 2.62. The lowest BCUT2D eigenvalue weighted by molar-refractivity contribution is 0.580. The molecule has 0 radical (unpaired) electrons. The van der Waals surface area contributed by atoms with Gasteiger partial charge in [0.2, 0.25) is 10.0 Å². The molecule has 112 valence electrons. The van der Waals surface area contributed by atoms with Crippen LogP contribution in [-0.4, -0.2) is 8.42 Å². The Labute approximate surface area is 126 Å². The number of nitrogens with one attached hydrogen (secondary N) is 1. The van der Waals surface area contributed by atoms with Crippen molar-refractivity contribution in [1.29, 1.82) is 0 Å². The molecule has 0 bridgehead atoms. The van der Waals surface area contributed by atoms with Crippen LogP contribution < -0.4 is 10.5 Å². The maximum Gasteiger partial charge on any atom is 0.241 e. The molecule has 4 nitrogen and oxygen atoms in total. The zero-order chi connectivity index (χ0) is 15.5. The SMILES string of the molecule is CCc1ccccc1CNS(=O)(=O)c1ccc(N)cc1C. The first-order valence-corrected chi connectivity index (χ1v) is 8.35. The third-order valence-corrected chi connectivity index (χ3v) is 5.00. The highest BCUT2D eigenvalue weighted by Gasteiger charge is 2.16. The number of hydrogen-bond donors (Lipinski definition) is 2. The Morgan fingerprint density at radius 3 is 2.38 bits per heavy atom. The Kier molecular flexibility index (Phi) is 4.65. The van der Waals surface area contributed by atoms with E-state index in [2.05, 4.69) is 11.6 Å². The molecular formula is C16H20N2O2S. The van der Waals surface area contributed by atoms with E-state index in [0.29, 0.717) is 11.3 Å². The summed E-state index contributed by atoms with van der Waals surface area (Å²) in [5.41, 5.74) is 9.01. The summed E-state index contributed by atoms with van der Waals surface area (Å²) < 4.78 is 27.4. The minimum atomic E-state index is -3.54. The molecule has 0 fully saturated rings. The smallest absolute Gasteiger partial charge is 0.241 e. The van der Waals surface area contributed by atoms with Crippen LogP contribution in [0.25, 0.3) is 0 Å². The molecule has 0 spiro atoms. The van der Waals surface area contributed by atoms with Gasteiger partial charge in [0.25, 0.3) is 0 Å². The van der Waals surface area contributed by atoms with E-state index in [0.717, 1.165) is 17.5 Å². The van der Waals surface area contributed by atoms with Gasteiger partial charge in [-0.1, -0.05) is 31.2 Å². The first-order chi connectivity index (χ1) is 9.94. The molecule has 0 unspecified atom stereocenters. The molecule has 0 aromatic heterocycles. The van der Waals surface area contributed by atoms with E-state index in [9.17, 15) is 8.42 Å². The van der Waals surface area contributed by atoms with Gasteiger partial charge in [-0.05, 0) is 48.2 Å². The summed E-state index contributed by atoms with van der Waals surface area (Å²) in [4.78, 5) is 0.269. The van der Waals surface area contributed by atoms with Gasteiger partial charge >= 0.3 is 0 Å². The van der Waals surface area contributed by atoms with E-state index in [1.807, 2.05) is 24.3 Å². The Balaban J connectivity index is 2.22. The Bertz CT molecular complexity index is 740. The van der Waals surface area contributed by atoms with E-state index in [1.54, 1.807) is 25.1 Å². The molecule has 0 saturated heterocycles. The van der Waals surface area contributed by atoms with Crippen LogP contribution >= 0.6 is 0 Å². The molecular weight excluding hydrogens is 284 g/mol. The molecule has 2 aromatic rings. The van der Waals surface area contributed by atoms with Crippen LogP contribution in [0.2, 0.25) is 0 Å². The van der Waals surface area contributed by atoms with Crippen molar-refractivity contribution in [2.45, 2.75) is 31.7 Å². The van der Waals surface area contributed by atoms with E-state index < -0.39 is 10.0 Å². The lowest BCUT2D eigenvalue weighted by Gasteiger charge is -2.12. The van der Waals surface area contributed by atoms with E-state index in [4.69, 9.17) is 5.73 Å². The third-order valence-electron chi connectivity index (χ3n) is 3.44. The van der Waals surface area contributed by atoms with Gasteiger partial charge < -0.3 is 5.73 Å². The van der Waals surface area contributed by atoms with Crippen molar-refractivity contribution >= 4 is 15.7 Å². The van der Waals surface area contributed by atoms with Crippen LogP contribution in [0, 0.1) is 6.92 Å². The normalized spacial score (nSPS) is 11.5. The summed E-state index contributed by atoms with van der Waals surface area (Å²) in [6.07, 6.45) is 0.874. The zero-order valence-corrected chi connectivity index (χ0v) is 13.1. The minimum absolute atomic E-state index is 0.269. The molecule has 0 aliphatic heterocycles. The first-order valence-electron chi connectivity index (χ1n) is 6.86. The molecule has 0 aliphatic rings. The van der Waals surface area contributed by atoms with Crippen LogP contribution in [0.5, 0.6) is 0 Å². The molecule has 3 N–H and O–H groups in total. The first kappa shape index (κ1) is 15.5. The zero-order valence-electron chi connectivity index (χ0n) is 12.3. The quantitative estimate of drug-likeness (QED) is 0.834. The molecule has 21 heavy (non-hydrogen) atoms. The Hall–Kier alpha value is -1.85. The van der Waals surface area contributed by atoms with Gasteiger partial charge in [0.1, 0.15) is 0 Å². The fraction of sp³-hybridized carbons (Fsp3) is 0.250. The summed E-state index contributed by atoms with van der Waals surface area (Å²) in [6, 6.07) is 12.6. The third kappa shape index (κ3) is 3.62. The molecule has 0 atom stereocenters. The van der Waals surface area contributed by atoms with Crippen LogP contribution in [-0.2, 0) is 23.0 Å². The molecule has 0 heterocycles. The van der Waals surface area contributed by atoms with Gasteiger partial charge in [0, 0.05) is 12.2 Å². The minimum Gasteiger partial charge on any atom is -0.399 e. The van der Waals surface area contributed by atoms with Gasteiger partial charge in [-0.2, -0.15) is 0 Å². The number of hydrogen-bond acceptors (Lipinski definition) is 3. The highest BCUT2D eigenvalue weighted by Crippen LogP contribution is 2.18. The van der Waals surface area contributed by atoms with Crippen molar-refractivity contribution in [3.8, 4) is 0 Å². The Morgan fingerprint density at radius 2 is 1.76 bits per heavy atom. The fourth-order valence-electron chi connectivity index (χ4n) is 2.30. The lowest BCUT2D eigenvalue weighted by Crippen LogP contribution is -2.24. The maximum atomic E-state index is 12.4. The number of rotatable bonds is 5. The van der Waals surface area contributed by atoms with Crippen LogP contribution in [0.15, 0.2) is 47.4 Å². The van der Waals surface area contributed by atoms with Crippen LogP contribution in [0.4, 0.5) is 5.69 Å². The average molecular weight is 304 g/mol. The summed E-state index contributed by atoms with van der Waals surface area (Å²) >= 11 is 0. The van der Waals surface area contributed by atoms with Crippen molar-refractivity contribution in [2.24, 2.45) is 0 Å². The van der Waals surface area contributed by atoms with E-state index >= 15 is 0 Å². The molecule has 5 heteroatoms. The van der Waals surface area contributed by atoms with Gasteiger partial charge in [-0.3, -0.25) is 0 Å². The molecule has 2 rings (SSSR count). The van der Waals surface area contributed by atoms with Crippen molar-refractivity contribution < 1.29 is 8.42 Å². The van der Waals surface area contributed by atoms with Crippen molar-refractivity contribution in [3.05, 3.63) is 59.2 Å². The number of benzene rings is 2. The molecule has 0 amide bonds. The fourth-order valence-corrected chi connectivity index (χ4v) is 3.53. The highest BCUT2D eigenvalue weighted by molar-refractivity contribution is 7.89. The Morgan fingerprint density at radius 1 is 1.10 bits per heavy atom. The second kappa shape index (κ2) is 6.28. The van der Waals surface area contributed by atoms with Crippen molar-refractivity contribution in [2.75, 3.05) is 5.73 Å². The molecule has 0 saturated carbocycles. The van der Waals surface area contributed by atoms with Gasteiger partial charge in [0.15, 0.2) is 0 Å². The van der Waals surface area contributed by atoms with Crippen LogP contribution in [0.1, 0.15) is 23.6 Å². The average Bonchev–Trinajstić information content (AvgIpc) is 2.45. The number of nitrogens with two attached hydrogens (primary N) is 1. The number of anilines is 1. The molecule has 0 aliphatic carbocycles. The summed E-state index contributed by atoms with van der Waals surface area (Å²) in [5, 5.41) is 0. The lowest BCUT2D eigenvalue weighted by atomic mass is 10.1. The summed E-state index contributed by atoms with van der Waals surface area (Å²) in [7, 11) is -3.54. The summed E-state index contributed by atoms with van der Waals surface area (Å²) in [6.45, 7) is 4.08. The summed E-state index contributed by atoms with van der Waals surface area (Å²) in [5.74, 6) is 0. The maximum absolute atomic E-state index is 12.4. The number of nitrogen functional groups attached to an aromatic ring is 1. The van der Waals surface area contributed by atoms with E-state index in [1.165, 1.54) is 0 Å². The largest absolute Gasteiger partial charge is 0.399 e. The molecule has 2 aromatic carbocycles. The van der Waals surface area contributed by atoms with Gasteiger partial charge in [-0.25, -0.2) is 13.1 Å². The van der Waals surface area contributed by atoms with Crippen LogP contribution in [0.3, 0.4) is 0 Å². The predicted molar refractivity (Wildman–Crippen MR) is 85.4 cm³/mol. The van der Waals surface area contributed by atoms with Gasteiger partial charge in [-0.15, -0.1) is 0 Å². The number of sulfonamides is 1. The van der Waals surface area contributed by atoms with Gasteiger partial charge in [0.05, 0.1) is 4.90 Å². The second-order valence-electron chi connectivity index (χ2n) is 4.97. The monoisotopic (exact) mass is 304 g/mol. The number of aryl methyl sites for hydroxylation is 2. The second-order valence-corrected chi connectivity index (χ2v) is 6.71. The topological polar surface area (TPSA) is 72.2 Å².